The third-order valence-electron chi connectivity index (χ3n) is 3.71. The molecule has 25 heavy (non-hydrogen) atoms. The summed E-state index contributed by atoms with van der Waals surface area (Å²) in [6, 6.07) is 15.1. The molecule has 5 heteroatoms. The lowest BCUT2D eigenvalue weighted by Gasteiger charge is -2.11. The lowest BCUT2D eigenvalue weighted by Crippen LogP contribution is -1.97. The molecule has 1 aromatic heterocycles. The summed E-state index contributed by atoms with van der Waals surface area (Å²) in [5.41, 5.74) is 2.94. The maximum Gasteiger partial charge on any atom is 0.161 e. The van der Waals surface area contributed by atoms with Crippen LogP contribution in [0.15, 0.2) is 60.9 Å². The topological polar surface area (TPSA) is 40.6 Å². The number of aromatic nitrogens is 1. The zero-order valence-corrected chi connectivity index (χ0v) is 14.8. The second-order valence-corrected chi connectivity index (χ2v) is 5.83. The van der Waals surface area contributed by atoms with Gasteiger partial charge in [0.25, 0.3) is 0 Å². The molecule has 0 fully saturated rings. The number of halogens is 1. The minimum Gasteiger partial charge on any atom is -0.493 e. The van der Waals surface area contributed by atoms with E-state index in [0.29, 0.717) is 23.1 Å². The van der Waals surface area contributed by atoms with Gasteiger partial charge in [0.15, 0.2) is 11.5 Å². The summed E-state index contributed by atoms with van der Waals surface area (Å²) in [6.07, 6.45) is 3.60. The Morgan fingerprint density at radius 2 is 1.72 bits per heavy atom. The molecule has 0 saturated carbocycles. The van der Waals surface area contributed by atoms with Crippen molar-refractivity contribution in [2.24, 2.45) is 0 Å². The van der Waals surface area contributed by atoms with Gasteiger partial charge in [0.2, 0.25) is 0 Å². The fourth-order valence-electron chi connectivity index (χ4n) is 2.46. The van der Waals surface area contributed by atoms with Gasteiger partial charge in [-0.15, -0.1) is 0 Å². The largest absolute Gasteiger partial charge is 0.493 e. The van der Waals surface area contributed by atoms with Crippen LogP contribution < -0.4 is 14.2 Å². The molecule has 0 aliphatic heterocycles. The normalized spacial score (nSPS) is 10.4. The van der Waals surface area contributed by atoms with Gasteiger partial charge in [0.05, 0.1) is 14.2 Å². The van der Waals surface area contributed by atoms with Crippen LogP contribution in [-0.2, 0) is 6.61 Å². The third-order valence-corrected chi connectivity index (χ3v) is 3.95. The third kappa shape index (κ3) is 4.22. The highest BCUT2D eigenvalue weighted by molar-refractivity contribution is 6.30. The van der Waals surface area contributed by atoms with Crippen molar-refractivity contribution in [1.29, 1.82) is 0 Å². The number of benzene rings is 2. The van der Waals surface area contributed by atoms with Crippen molar-refractivity contribution >= 4 is 11.6 Å². The molecule has 0 bridgehead atoms. The van der Waals surface area contributed by atoms with Gasteiger partial charge in [-0.1, -0.05) is 23.7 Å². The van der Waals surface area contributed by atoms with Gasteiger partial charge in [0, 0.05) is 28.5 Å². The molecule has 0 aliphatic carbocycles. The van der Waals surface area contributed by atoms with Crippen LogP contribution in [0.4, 0.5) is 0 Å². The van der Waals surface area contributed by atoms with Crippen molar-refractivity contribution in [3.63, 3.8) is 0 Å². The summed E-state index contributed by atoms with van der Waals surface area (Å²) >= 11 is 5.97. The van der Waals surface area contributed by atoms with E-state index in [0.717, 1.165) is 22.4 Å². The van der Waals surface area contributed by atoms with Gasteiger partial charge >= 0.3 is 0 Å². The van der Waals surface area contributed by atoms with Gasteiger partial charge in [-0.05, 0) is 42.0 Å². The quantitative estimate of drug-likeness (QED) is 0.624. The standard InChI is InChI=1S/C20H18ClNO3/c1-23-19-7-6-15(9-20(19)24-2)16-8-14(11-22-12-16)13-25-18-5-3-4-17(21)10-18/h3-12H,13H2,1-2H3. The lowest BCUT2D eigenvalue weighted by molar-refractivity contribution is 0.306. The first-order chi connectivity index (χ1) is 12.2. The van der Waals surface area contributed by atoms with Crippen LogP contribution in [0, 0.1) is 0 Å². The van der Waals surface area contributed by atoms with E-state index in [4.69, 9.17) is 25.8 Å². The SMILES string of the molecule is COc1ccc(-c2cncc(COc3cccc(Cl)c3)c2)cc1OC. The van der Waals surface area contributed by atoms with Crippen molar-refractivity contribution in [2.45, 2.75) is 6.61 Å². The van der Waals surface area contributed by atoms with E-state index < -0.39 is 0 Å². The number of methoxy groups -OCH3 is 2. The zero-order chi connectivity index (χ0) is 17.6. The minimum atomic E-state index is 0.411. The summed E-state index contributed by atoms with van der Waals surface area (Å²) in [4.78, 5) is 4.31. The van der Waals surface area contributed by atoms with Gasteiger partial charge in [-0.25, -0.2) is 0 Å². The Balaban J connectivity index is 1.79. The maximum absolute atomic E-state index is 5.97. The highest BCUT2D eigenvalue weighted by Gasteiger charge is 2.07. The van der Waals surface area contributed by atoms with E-state index in [1.807, 2.05) is 48.7 Å². The number of hydrogen-bond acceptors (Lipinski definition) is 4. The Hall–Kier alpha value is -2.72. The molecule has 3 rings (SSSR count). The zero-order valence-electron chi connectivity index (χ0n) is 14.0. The average Bonchev–Trinajstić information content (AvgIpc) is 2.66. The van der Waals surface area contributed by atoms with Crippen LogP contribution in [-0.4, -0.2) is 19.2 Å². The lowest BCUT2D eigenvalue weighted by atomic mass is 10.1. The number of ether oxygens (including phenoxy) is 3. The van der Waals surface area contributed by atoms with E-state index in [1.54, 1.807) is 26.5 Å². The molecule has 0 amide bonds. The summed E-state index contributed by atoms with van der Waals surface area (Å²) < 4.78 is 16.4. The summed E-state index contributed by atoms with van der Waals surface area (Å²) in [5.74, 6) is 2.10. The van der Waals surface area contributed by atoms with Crippen molar-refractivity contribution in [2.75, 3.05) is 14.2 Å². The van der Waals surface area contributed by atoms with Crippen molar-refractivity contribution in [3.05, 3.63) is 71.5 Å². The van der Waals surface area contributed by atoms with Crippen LogP contribution >= 0.6 is 11.6 Å². The Morgan fingerprint density at radius 3 is 2.48 bits per heavy atom. The number of hydrogen-bond donors (Lipinski definition) is 0. The fraction of sp³-hybridized carbons (Fsp3) is 0.150. The smallest absolute Gasteiger partial charge is 0.161 e. The fourth-order valence-corrected chi connectivity index (χ4v) is 2.64. The van der Waals surface area contributed by atoms with Crippen molar-refractivity contribution in [3.8, 4) is 28.4 Å². The predicted octanol–water partition coefficient (Wildman–Crippen LogP) is 5.00. The van der Waals surface area contributed by atoms with Gasteiger partial charge in [0.1, 0.15) is 12.4 Å². The van der Waals surface area contributed by atoms with Gasteiger partial charge < -0.3 is 14.2 Å². The summed E-state index contributed by atoms with van der Waals surface area (Å²) in [7, 11) is 3.24. The monoisotopic (exact) mass is 355 g/mol. The van der Waals surface area contributed by atoms with E-state index in [9.17, 15) is 0 Å². The van der Waals surface area contributed by atoms with E-state index in [-0.39, 0.29) is 0 Å². The van der Waals surface area contributed by atoms with Crippen molar-refractivity contribution in [1.82, 2.24) is 4.98 Å². The first kappa shape index (κ1) is 17.1. The molecular weight excluding hydrogens is 338 g/mol. The second-order valence-electron chi connectivity index (χ2n) is 5.40. The average molecular weight is 356 g/mol. The van der Waals surface area contributed by atoms with E-state index >= 15 is 0 Å². The first-order valence-corrected chi connectivity index (χ1v) is 8.12. The van der Waals surface area contributed by atoms with Gasteiger partial charge in [-0.3, -0.25) is 4.98 Å². The van der Waals surface area contributed by atoms with Crippen LogP contribution in [0.25, 0.3) is 11.1 Å². The molecule has 1 heterocycles. The molecule has 128 valence electrons. The summed E-state index contributed by atoms with van der Waals surface area (Å²) in [5, 5.41) is 0.648. The first-order valence-electron chi connectivity index (χ1n) is 7.74. The molecule has 2 aromatic carbocycles. The molecule has 0 atom stereocenters. The predicted molar refractivity (Wildman–Crippen MR) is 98.6 cm³/mol. The minimum absolute atomic E-state index is 0.411. The molecule has 4 nitrogen and oxygen atoms in total. The Bertz CT molecular complexity index is 867. The molecule has 0 aliphatic rings. The van der Waals surface area contributed by atoms with Crippen LogP contribution in [0.2, 0.25) is 5.02 Å². The summed E-state index contributed by atoms with van der Waals surface area (Å²) in [6.45, 7) is 0.411. The molecule has 0 N–H and O–H groups in total. The molecule has 0 spiro atoms. The Kier molecular flexibility index (Phi) is 5.41. The number of rotatable bonds is 6. The van der Waals surface area contributed by atoms with Crippen LogP contribution in [0.5, 0.6) is 17.2 Å². The highest BCUT2D eigenvalue weighted by Crippen LogP contribution is 2.32. The molecule has 3 aromatic rings. The maximum atomic E-state index is 5.97. The van der Waals surface area contributed by atoms with Gasteiger partial charge in [-0.2, -0.15) is 0 Å². The number of nitrogens with zero attached hydrogens (tertiary/aromatic N) is 1. The van der Waals surface area contributed by atoms with E-state index in [1.165, 1.54) is 0 Å². The molecular formula is C20H18ClNO3. The second kappa shape index (κ2) is 7.90. The molecule has 0 saturated heterocycles. The van der Waals surface area contributed by atoms with E-state index in [2.05, 4.69) is 4.98 Å². The molecule has 0 unspecified atom stereocenters. The molecule has 0 radical (unpaired) electrons. The van der Waals surface area contributed by atoms with Crippen LogP contribution in [0.1, 0.15) is 5.56 Å². The Morgan fingerprint density at radius 1 is 0.880 bits per heavy atom. The van der Waals surface area contributed by atoms with Crippen molar-refractivity contribution < 1.29 is 14.2 Å². The number of pyridine rings is 1. The highest BCUT2D eigenvalue weighted by atomic mass is 35.5. The Labute approximate surface area is 152 Å². The van der Waals surface area contributed by atoms with Crippen LogP contribution in [0.3, 0.4) is 0 Å².